The van der Waals surface area contributed by atoms with Crippen molar-refractivity contribution in [3.05, 3.63) is 23.8 Å². The Morgan fingerprint density at radius 3 is 2.75 bits per heavy atom. The fourth-order valence-electron chi connectivity index (χ4n) is 4.26. The number of halogens is 1. The largest absolute Gasteiger partial charge is 0.508 e. The van der Waals surface area contributed by atoms with Crippen molar-refractivity contribution in [1.82, 2.24) is 15.5 Å². The van der Waals surface area contributed by atoms with Gasteiger partial charge >= 0.3 is 0 Å². The quantitative estimate of drug-likeness (QED) is 0.304. The summed E-state index contributed by atoms with van der Waals surface area (Å²) in [7, 11) is 3.41. The number of ether oxygens (including phenoxy) is 1. The molecule has 0 amide bonds. The van der Waals surface area contributed by atoms with Crippen LogP contribution in [-0.2, 0) is 6.42 Å². The van der Waals surface area contributed by atoms with E-state index in [-0.39, 0.29) is 29.7 Å². The van der Waals surface area contributed by atoms with Gasteiger partial charge in [0.1, 0.15) is 11.5 Å². The lowest BCUT2D eigenvalue weighted by Gasteiger charge is -2.21. The maximum Gasteiger partial charge on any atom is 0.191 e. The summed E-state index contributed by atoms with van der Waals surface area (Å²) >= 11 is 0. The summed E-state index contributed by atoms with van der Waals surface area (Å²) in [5, 5.41) is 17.0. The van der Waals surface area contributed by atoms with Gasteiger partial charge in [-0.2, -0.15) is 0 Å². The molecule has 158 valence electrons. The summed E-state index contributed by atoms with van der Waals surface area (Å²) in [4.78, 5) is 6.96. The van der Waals surface area contributed by atoms with Crippen molar-refractivity contribution in [2.45, 2.75) is 44.6 Å². The van der Waals surface area contributed by atoms with E-state index in [0.717, 1.165) is 37.0 Å². The highest BCUT2D eigenvalue weighted by molar-refractivity contribution is 14.0. The summed E-state index contributed by atoms with van der Waals surface area (Å²) in [5.41, 5.74) is 0.905. The highest BCUT2D eigenvalue weighted by Gasteiger charge is 2.26. The van der Waals surface area contributed by atoms with Crippen LogP contribution in [0, 0.1) is 5.92 Å². The van der Waals surface area contributed by atoms with Gasteiger partial charge in [-0.05, 0) is 43.2 Å². The maximum absolute atomic E-state index is 10.1. The van der Waals surface area contributed by atoms with E-state index >= 15 is 0 Å². The zero-order valence-electron chi connectivity index (χ0n) is 17.1. The lowest BCUT2D eigenvalue weighted by atomic mass is 10.1. The van der Waals surface area contributed by atoms with E-state index < -0.39 is 0 Å². The predicted octanol–water partition coefficient (Wildman–Crippen LogP) is 2.99. The summed E-state index contributed by atoms with van der Waals surface area (Å²) in [6, 6.07) is 5.90. The number of methoxy groups -OCH3 is 1. The first kappa shape index (κ1) is 23.1. The first-order valence-corrected chi connectivity index (χ1v) is 10.2. The monoisotopic (exact) mass is 502 g/mol. The molecule has 1 aliphatic heterocycles. The highest BCUT2D eigenvalue weighted by Crippen LogP contribution is 2.26. The second-order valence-corrected chi connectivity index (χ2v) is 7.78. The minimum atomic E-state index is 0. The Kier molecular flexibility index (Phi) is 9.64. The lowest BCUT2D eigenvalue weighted by molar-refractivity contribution is 0.275. The maximum atomic E-state index is 10.1. The molecule has 1 saturated carbocycles. The Labute approximate surface area is 186 Å². The third kappa shape index (κ3) is 6.69. The molecule has 0 bridgehead atoms. The normalized spacial score (nSPS) is 20.8. The van der Waals surface area contributed by atoms with E-state index in [9.17, 15) is 5.11 Å². The van der Waals surface area contributed by atoms with Crippen molar-refractivity contribution in [1.29, 1.82) is 0 Å². The average molecular weight is 502 g/mol. The van der Waals surface area contributed by atoms with Gasteiger partial charge in [0.15, 0.2) is 5.96 Å². The van der Waals surface area contributed by atoms with E-state index in [0.29, 0.717) is 11.8 Å². The van der Waals surface area contributed by atoms with Crippen molar-refractivity contribution < 1.29 is 9.84 Å². The molecule has 1 unspecified atom stereocenters. The summed E-state index contributed by atoms with van der Waals surface area (Å²) < 4.78 is 5.13. The summed E-state index contributed by atoms with van der Waals surface area (Å²) in [6.07, 6.45) is 7.56. The molecule has 7 heteroatoms. The molecule has 6 nitrogen and oxygen atoms in total. The number of phenols is 1. The van der Waals surface area contributed by atoms with Gasteiger partial charge in [0.2, 0.25) is 0 Å². The van der Waals surface area contributed by atoms with Gasteiger partial charge in [-0.15, -0.1) is 24.0 Å². The Morgan fingerprint density at radius 1 is 1.29 bits per heavy atom. The number of phenolic OH excluding ortho intramolecular Hbond substituents is 1. The van der Waals surface area contributed by atoms with Crippen molar-refractivity contribution in [3.8, 4) is 11.5 Å². The van der Waals surface area contributed by atoms with Gasteiger partial charge in [-0.25, -0.2) is 0 Å². The molecule has 1 heterocycles. The van der Waals surface area contributed by atoms with Gasteiger partial charge in [-0.1, -0.05) is 18.9 Å². The second-order valence-electron chi connectivity index (χ2n) is 7.78. The van der Waals surface area contributed by atoms with Crippen molar-refractivity contribution >= 4 is 29.9 Å². The zero-order valence-corrected chi connectivity index (χ0v) is 19.4. The van der Waals surface area contributed by atoms with Crippen LogP contribution < -0.4 is 15.4 Å². The fraction of sp³-hybridized carbons (Fsp3) is 0.667. The van der Waals surface area contributed by atoms with Crippen LogP contribution in [0.2, 0.25) is 0 Å². The van der Waals surface area contributed by atoms with E-state index in [2.05, 4.69) is 20.5 Å². The lowest BCUT2D eigenvalue weighted by Crippen LogP contribution is -2.45. The third-order valence-corrected chi connectivity index (χ3v) is 5.81. The van der Waals surface area contributed by atoms with Crippen LogP contribution in [-0.4, -0.2) is 62.3 Å². The molecule has 3 rings (SSSR count). The molecule has 3 N–H and O–H groups in total. The minimum absolute atomic E-state index is 0. The smallest absolute Gasteiger partial charge is 0.191 e. The van der Waals surface area contributed by atoms with E-state index in [4.69, 9.17) is 4.74 Å². The van der Waals surface area contributed by atoms with Crippen molar-refractivity contribution in [3.63, 3.8) is 0 Å². The van der Waals surface area contributed by atoms with Crippen LogP contribution in [0.25, 0.3) is 0 Å². The van der Waals surface area contributed by atoms with Crippen LogP contribution in [0.15, 0.2) is 23.2 Å². The van der Waals surface area contributed by atoms with Crippen LogP contribution in [0.4, 0.5) is 0 Å². The Morgan fingerprint density at radius 2 is 2.07 bits per heavy atom. The highest BCUT2D eigenvalue weighted by atomic mass is 127. The van der Waals surface area contributed by atoms with E-state index in [1.54, 1.807) is 13.2 Å². The molecule has 0 radical (unpaired) electrons. The number of rotatable bonds is 7. The molecule has 1 aromatic rings. The number of hydrogen-bond donors (Lipinski definition) is 3. The fourth-order valence-corrected chi connectivity index (χ4v) is 4.26. The molecular weight excluding hydrogens is 467 g/mol. The van der Waals surface area contributed by atoms with Gasteiger partial charge in [-0.3, -0.25) is 4.99 Å². The van der Waals surface area contributed by atoms with Crippen LogP contribution >= 0.6 is 24.0 Å². The standard InChI is InChI=1S/C21H34N4O2.HI/c1-22-21(23-11-9-17-7-8-19(27-2)13-20(17)26)24-18-10-12-25(15-18)14-16-5-3-4-6-16;/h7-8,13,16,18,26H,3-6,9-12,14-15H2,1-2H3,(H2,22,23,24);1H. The molecule has 1 aromatic carbocycles. The second kappa shape index (κ2) is 11.7. The predicted molar refractivity (Wildman–Crippen MR) is 125 cm³/mol. The van der Waals surface area contributed by atoms with Gasteiger partial charge in [0, 0.05) is 45.3 Å². The van der Waals surface area contributed by atoms with Gasteiger partial charge in [0.25, 0.3) is 0 Å². The number of aromatic hydroxyl groups is 1. The topological polar surface area (TPSA) is 69.1 Å². The number of aliphatic imine (C=N–C) groups is 1. The minimum Gasteiger partial charge on any atom is -0.508 e. The third-order valence-electron chi connectivity index (χ3n) is 5.81. The van der Waals surface area contributed by atoms with Crippen molar-refractivity contribution in [2.75, 3.05) is 40.3 Å². The van der Waals surface area contributed by atoms with Crippen LogP contribution in [0.5, 0.6) is 11.5 Å². The number of benzene rings is 1. The first-order chi connectivity index (χ1) is 13.2. The van der Waals surface area contributed by atoms with Crippen molar-refractivity contribution in [2.24, 2.45) is 10.9 Å². The number of nitrogens with one attached hydrogen (secondary N) is 2. The molecule has 0 spiro atoms. The molecule has 2 aliphatic rings. The average Bonchev–Trinajstić information content (AvgIpc) is 3.34. The van der Waals surface area contributed by atoms with Gasteiger partial charge < -0.3 is 25.4 Å². The van der Waals surface area contributed by atoms with E-state index in [1.165, 1.54) is 45.2 Å². The molecule has 1 saturated heterocycles. The zero-order chi connectivity index (χ0) is 19.1. The summed E-state index contributed by atoms with van der Waals surface area (Å²) in [6.45, 7) is 4.28. The molecule has 1 atom stereocenters. The molecule has 2 fully saturated rings. The van der Waals surface area contributed by atoms with E-state index in [1.807, 2.05) is 19.2 Å². The first-order valence-electron chi connectivity index (χ1n) is 10.2. The number of nitrogens with zero attached hydrogens (tertiary/aromatic N) is 2. The number of guanidine groups is 1. The Hall–Kier alpha value is -1.22. The van der Waals surface area contributed by atoms with Gasteiger partial charge in [0.05, 0.1) is 7.11 Å². The Balaban J connectivity index is 0.00000280. The van der Waals surface area contributed by atoms with Crippen LogP contribution in [0.3, 0.4) is 0 Å². The number of hydrogen-bond acceptors (Lipinski definition) is 4. The van der Waals surface area contributed by atoms with Crippen LogP contribution in [0.1, 0.15) is 37.7 Å². The number of likely N-dealkylation sites (tertiary alicyclic amines) is 1. The Bertz CT molecular complexity index is 635. The molecule has 0 aromatic heterocycles. The molecule has 28 heavy (non-hydrogen) atoms. The summed E-state index contributed by atoms with van der Waals surface area (Å²) in [5.74, 6) is 2.71. The SMILES string of the molecule is CN=C(NCCc1ccc(OC)cc1O)NC1CCN(CC2CCCC2)C1.I. The molecule has 1 aliphatic carbocycles. The molecular formula is C21H35IN4O2.